The molecule has 29 heavy (non-hydrogen) atoms. The van der Waals surface area contributed by atoms with E-state index in [0.717, 1.165) is 41.2 Å². The van der Waals surface area contributed by atoms with Crippen LogP contribution < -0.4 is 10.6 Å². The number of benzene rings is 2. The third-order valence-electron chi connectivity index (χ3n) is 5.42. The van der Waals surface area contributed by atoms with Crippen LogP contribution in [0.2, 0.25) is 5.02 Å². The van der Waals surface area contributed by atoms with E-state index in [9.17, 15) is 4.79 Å². The Kier molecular flexibility index (Phi) is 7.94. The van der Waals surface area contributed by atoms with Crippen LogP contribution in [0.5, 0.6) is 0 Å². The number of aryl methyl sites for hydroxylation is 1. The van der Waals surface area contributed by atoms with Gasteiger partial charge in [-0.2, -0.15) is 0 Å². The lowest BCUT2D eigenvalue weighted by atomic mass is 9.88. The van der Waals surface area contributed by atoms with Gasteiger partial charge in [-0.1, -0.05) is 30.7 Å². The normalized spacial score (nSPS) is 14.4. The lowest BCUT2D eigenvalue weighted by molar-refractivity contribution is -0.121. The fourth-order valence-corrected chi connectivity index (χ4v) is 3.65. The molecule has 2 aromatic carbocycles. The summed E-state index contributed by atoms with van der Waals surface area (Å²) in [6, 6.07) is 13.7. The first kappa shape index (κ1) is 23.5. The van der Waals surface area contributed by atoms with Gasteiger partial charge in [-0.25, -0.2) is 4.98 Å². The molecule has 0 bridgehead atoms. The number of hydrogen-bond acceptors (Lipinski definition) is 3. The highest BCUT2D eigenvalue weighted by Gasteiger charge is 2.28. The van der Waals surface area contributed by atoms with Gasteiger partial charge in [0.15, 0.2) is 0 Å². The van der Waals surface area contributed by atoms with Crippen molar-refractivity contribution < 1.29 is 4.79 Å². The van der Waals surface area contributed by atoms with E-state index in [4.69, 9.17) is 11.6 Å². The molecule has 0 radical (unpaired) electrons. The molecule has 2 N–H and O–H groups in total. The van der Waals surface area contributed by atoms with Crippen LogP contribution in [0.3, 0.4) is 0 Å². The molecule has 0 aliphatic carbocycles. The summed E-state index contributed by atoms with van der Waals surface area (Å²) >= 11 is 6.44. The van der Waals surface area contributed by atoms with Crippen molar-refractivity contribution in [3.8, 4) is 0 Å². The van der Waals surface area contributed by atoms with Crippen molar-refractivity contribution in [1.29, 1.82) is 0 Å². The molecule has 1 aliphatic rings. The van der Waals surface area contributed by atoms with Crippen LogP contribution in [0.4, 0.5) is 5.69 Å². The largest absolute Gasteiger partial charge is 0.326 e. The predicted octanol–water partition coefficient (Wildman–Crippen LogP) is 4.68. The zero-order valence-corrected chi connectivity index (χ0v) is 18.7. The van der Waals surface area contributed by atoms with Crippen LogP contribution in [0.1, 0.15) is 18.3 Å². The summed E-state index contributed by atoms with van der Waals surface area (Å²) in [6.07, 6.45) is 0. The third-order valence-corrected chi connectivity index (χ3v) is 5.79. The van der Waals surface area contributed by atoms with E-state index in [-0.39, 0.29) is 36.6 Å². The number of carbonyl (C=O) groups excluding carboxylic acids is 1. The number of nitrogens with one attached hydrogen (secondary N) is 2. The number of imidazole rings is 1. The smallest absolute Gasteiger partial charge is 0.227 e. The molecule has 1 amide bonds. The van der Waals surface area contributed by atoms with Gasteiger partial charge in [0.25, 0.3) is 0 Å². The van der Waals surface area contributed by atoms with Gasteiger partial charge in [0.05, 0.1) is 17.6 Å². The molecular formula is C21H25Cl3N4O. The summed E-state index contributed by atoms with van der Waals surface area (Å²) < 4.78 is 2.14. The SMILES string of the molecule is Cc1nc2ccccc2n1Cc1cc(NC(=O)C(C)C2CNC2)ccc1Cl.Cl.Cl. The van der Waals surface area contributed by atoms with Crippen LogP contribution >= 0.6 is 36.4 Å². The zero-order chi connectivity index (χ0) is 19.0. The predicted molar refractivity (Wildman–Crippen MR) is 124 cm³/mol. The van der Waals surface area contributed by atoms with E-state index >= 15 is 0 Å². The number of aromatic nitrogens is 2. The summed E-state index contributed by atoms with van der Waals surface area (Å²) in [5.74, 6) is 1.40. The van der Waals surface area contributed by atoms with Crippen molar-refractivity contribution >= 4 is 59.0 Å². The van der Waals surface area contributed by atoms with E-state index in [1.54, 1.807) is 0 Å². The van der Waals surface area contributed by atoms with Gasteiger partial charge in [0.2, 0.25) is 5.91 Å². The molecule has 2 heterocycles. The first-order valence-corrected chi connectivity index (χ1v) is 9.62. The molecule has 1 saturated heterocycles. The Bertz CT molecular complexity index is 1000. The molecule has 3 aromatic rings. The second-order valence-corrected chi connectivity index (χ2v) is 7.64. The van der Waals surface area contributed by atoms with Crippen LogP contribution in [0.25, 0.3) is 11.0 Å². The van der Waals surface area contributed by atoms with E-state index in [1.807, 2.05) is 50.2 Å². The third kappa shape index (κ3) is 4.86. The Hall–Kier alpha value is -1.79. The van der Waals surface area contributed by atoms with Crippen molar-refractivity contribution in [2.45, 2.75) is 20.4 Å². The maximum atomic E-state index is 12.5. The molecule has 1 fully saturated rings. The molecule has 8 heteroatoms. The number of para-hydroxylation sites is 2. The van der Waals surface area contributed by atoms with Gasteiger partial charge >= 0.3 is 0 Å². The molecule has 1 atom stereocenters. The quantitative estimate of drug-likeness (QED) is 0.587. The second kappa shape index (κ2) is 9.81. The minimum Gasteiger partial charge on any atom is -0.326 e. The summed E-state index contributed by atoms with van der Waals surface area (Å²) in [4.78, 5) is 17.1. The molecule has 4 rings (SSSR count). The van der Waals surface area contributed by atoms with Gasteiger partial charge in [-0.3, -0.25) is 4.79 Å². The maximum absolute atomic E-state index is 12.5. The number of fused-ring (bicyclic) bond motifs is 1. The molecule has 1 aromatic heterocycles. The summed E-state index contributed by atoms with van der Waals surface area (Å²) in [7, 11) is 0. The van der Waals surface area contributed by atoms with Crippen LogP contribution in [0, 0.1) is 18.8 Å². The Morgan fingerprint density at radius 2 is 2.00 bits per heavy atom. The molecule has 0 saturated carbocycles. The standard InChI is InChI=1S/C21H23ClN4O.2ClH/c1-13(16-10-23-11-16)21(27)25-17-7-8-18(22)15(9-17)12-26-14(2)24-19-5-3-4-6-20(19)26;;/h3-9,13,16,23H,10-12H2,1-2H3,(H,25,27);2*1H. The summed E-state index contributed by atoms with van der Waals surface area (Å²) in [5.41, 5.74) is 3.78. The van der Waals surface area contributed by atoms with Gasteiger partial charge < -0.3 is 15.2 Å². The Labute approximate surface area is 188 Å². The first-order chi connectivity index (χ1) is 13.0. The Balaban J connectivity index is 0.00000150. The van der Waals surface area contributed by atoms with Gasteiger partial charge in [-0.05, 0) is 61.8 Å². The van der Waals surface area contributed by atoms with Crippen molar-refractivity contribution in [3.63, 3.8) is 0 Å². The summed E-state index contributed by atoms with van der Waals surface area (Å²) in [5, 5.41) is 6.94. The highest BCUT2D eigenvalue weighted by atomic mass is 35.5. The topological polar surface area (TPSA) is 59.0 Å². The number of nitrogens with zero attached hydrogens (tertiary/aromatic N) is 2. The number of amides is 1. The van der Waals surface area contributed by atoms with Crippen molar-refractivity contribution in [2.24, 2.45) is 11.8 Å². The Morgan fingerprint density at radius 3 is 2.69 bits per heavy atom. The second-order valence-electron chi connectivity index (χ2n) is 7.24. The fraction of sp³-hybridized carbons (Fsp3) is 0.333. The van der Waals surface area contributed by atoms with Gasteiger partial charge in [0.1, 0.15) is 5.82 Å². The minimum atomic E-state index is -0.00906. The average Bonchev–Trinajstić information content (AvgIpc) is 2.92. The number of anilines is 1. The number of carbonyl (C=O) groups is 1. The van der Waals surface area contributed by atoms with Gasteiger partial charge in [-0.15, -0.1) is 24.8 Å². The van der Waals surface area contributed by atoms with E-state index in [2.05, 4.69) is 26.3 Å². The van der Waals surface area contributed by atoms with E-state index < -0.39 is 0 Å². The van der Waals surface area contributed by atoms with E-state index in [1.165, 1.54) is 0 Å². The molecule has 156 valence electrons. The highest BCUT2D eigenvalue weighted by Crippen LogP contribution is 2.25. The van der Waals surface area contributed by atoms with Crippen molar-refractivity contribution in [2.75, 3.05) is 18.4 Å². The highest BCUT2D eigenvalue weighted by molar-refractivity contribution is 6.31. The first-order valence-electron chi connectivity index (χ1n) is 9.25. The molecule has 5 nitrogen and oxygen atoms in total. The monoisotopic (exact) mass is 454 g/mol. The molecular weight excluding hydrogens is 431 g/mol. The molecule has 1 aliphatic heterocycles. The number of rotatable bonds is 5. The zero-order valence-electron chi connectivity index (χ0n) is 16.3. The molecule has 0 spiro atoms. The fourth-order valence-electron chi connectivity index (χ4n) is 3.47. The van der Waals surface area contributed by atoms with Crippen LogP contribution in [-0.2, 0) is 11.3 Å². The number of halogens is 3. The lowest BCUT2D eigenvalue weighted by Gasteiger charge is -2.31. The van der Waals surface area contributed by atoms with Crippen LogP contribution in [-0.4, -0.2) is 28.5 Å². The Morgan fingerprint density at radius 1 is 1.28 bits per heavy atom. The minimum absolute atomic E-state index is 0. The number of hydrogen-bond donors (Lipinski definition) is 2. The average molecular weight is 456 g/mol. The summed E-state index contributed by atoms with van der Waals surface area (Å²) in [6.45, 7) is 6.41. The van der Waals surface area contributed by atoms with Crippen LogP contribution in [0.15, 0.2) is 42.5 Å². The maximum Gasteiger partial charge on any atom is 0.227 e. The van der Waals surface area contributed by atoms with E-state index in [0.29, 0.717) is 17.5 Å². The van der Waals surface area contributed by atoms with Gasteiger partial charge in [0, 0.05) is 16.6 Å². The van der Waals surface area contributed by atoms with Crippen molar-refractivity contribution in [3.05, 3.63) is 58.9 Å². The van der Waals surface area contributed by atoms with Crippen molar-refractivity contribution in [1.82, 2.24) is 14.9 Å². The lowest BCUT2D eigenvalue weighted by Crippen LogP contribution is -2.48. The molecule has 1 unspecified atom stereocenters.